The third-order valence-corrected chi connectivity index (χ3v) is 8.83. The van der Waals surface area contributed by atoms with Gasteiger partial charge in [-0.3, -0.25) is 4.90 Å². The molecule has 20 heavy (non-hydrogen) atoms. The molecule has 7 nitrogen and oxygen atoms in total. The molecule has 3 heterocycles. The Bertz CT molecular complexity index is 562. The predicted molar refractivity (Wildman–Crippen MR) is 75.8 cm³/mol. The van der Waals surface area contributed by atoms with Crippen LogP contribution in [0.3, 0.4) is 0 Å². The molecule has 0 radical (unpaired) electrons. The molecule has 0 aromatic rings. The van der Waals surface area contributed by atoms with Crippen LogP contribution in [0.15, 0.2) is 0 Å². The lowest BCUT2D eigenvalue weighted by atomic mass is 10.1. The van der Waals surface area contributed by atoms with E-state index in [0.717, 1.165) is 26.2 Å². The number of piperazine rings is 1. The lowest BCUT2D eigenvalue weighted by Crippen LogP contribution is -2.62. The summed E-state index contributed by atoms with van der Waals surface area (Å²) in [6, 6.07) is 0.534. The van der Waals surface area contributed by atoms with Crippen LogP contribution >= 0.6 is 0 Å². The van der Waals surface area contributed by atoms with Crippen molar-refractivity contribution in [1.29, 1.82) is 0 Å². The van der Waals surface area contributed by atoms with Gasteiger partial charge < -0.3 is 5.32 Å². The van der Waals surface area contributed by atoms with Crippen molar-refractivity contribution >= 4 is 19.9 Å². The number of rotatable bonds is 3. The third-order valence-electron chi connectivity index (χ3n) is 4.52. The maximum atomic E-state index is 12.5. The normalized spacial score (nSPS) is 33.1. The average Bonchev–Trinajstić information content (AvgIpc) is 2.69. The van der Waals surface area contributed by atoms with Gasteiger partial charge in [0.25, 0.3) is 0 Å². The fraction of sp³-hybridized carbons (Fsp3) is 1.00. The topological polar surface area (TPSA) is 86.8 Å². The Kier molecular flexibility index (Phi) is 3.83. The second-order valence-corrected chi connectivity index (χ2v) is 10.3. The highest BCUT2D eigenvalue weighted by molar-refractivity contribution is 7.95. The molecule has 1 atom stereocenters. The van der Waals surface area contributed by atoms with E-state index in [-0.39, 0.29) is 17.9 Å². The van der Waals surface area contributed by atoms with Gasteiger partial charge >= 0.3 is 0 Å². The molecule has 0 amide bonds. The van der Waals surface area contributed by atoms with Crippen LogP contribution in [-0.4, -0.2) is 88.1 Å². The van der Waals surface area contributed by atoms with Crippen molar-refractivity contribution in [3.05, 3.63) is 0 Å². The van der Waals surface area contributed by atoms with E-state index in [4.69, 9.17) is 0 Å². The van der Waals surface area contributed by atoms with Gasteiger partial charge in [0.15, 0.2) is 9.84 Å². The molecule has 0 bridgehead atoms. The van der Waals surface area contributed by atoms with Crippen molar-refractivity contribution in [3.63, 3.8) is 0 Å². The molecular formula is C11H21N3O4S2. The van der Waals surface area contributed by atoms with E-state index in [0.29, 0.717) is 19.1 Å². The van der Waals surface area contributed by atoms with Crippen molar-refractivity contribution in [2.24, 2.45) is 0 Å². The minimum absolute atomic E-state index is 0.00457. The van der Waals surface area contributed by atoms with Crippen molar-refractivity contribution in [2.75, 3.05) is 50.8 Å². The molecule has 0 aromatic heterocycles. The smallest absolute Gasteiger partial charge is 0.218 e. The van der Waals surface area contributed by atoms with E-state index in [1.165, 1.54) is 4.31 Å². The largest absolute Gasteiger partial charge is 0.314 e. The van der Waals surface area contributed by atoms with E-state index in [9.17, 15) is 16.8 Å². The van der Waals surface area contributed by atoms with E-state index < -0.39 is 25.1 Å². The maximum Gasteiger partial charge on any atom is 0.218 e. The summed E-state index contributed by atoms with van der Waals surface area (Å²) in [5.41, 5.74) is 0. The van der Waals surface area contributed by atoms with Crippen LogP contribution in [0.1, 0.15) is 6.42 Å². The molecule has 0 saturated carbocycles. The number of nitrogens with zero attached hydrogens (tertiary/aromatic N) is 2. The monoisotopic (exact) mass is 323 g/mol. The Hall–Kier alpha value is -0.220. The van der Waals surface area contributed by atoms with E-state index >= 15 is 0 Å². The summed E-state index contributed by atoms with van der Waals surface area (Å²) >= 11 is 0. The van der Waals surface area contributed by atoms with Gasteiger partial charge in [-0.15, -0.1) is 0 Å². The number of sulfone groups is 1. The van der Waals surface area contributed by atoms with Crippen molar-refractivity contribution in [2.45, 2.75) is 17.7 Å². The van der Waals surface area contributed by atoms with Crippen LogP contribution < -0.4 is 5.32 Å². The molecule has 0 spiro atoms. The molecule has 1 N–H and O–H groups in total. The lowest BCUT2D eigenvalue weighted by Gasteiger charge is -2.43. The van der Waals surface area contributed by atoms with Gasteiger partial charge in [-0.05, 0) is 6.42 Å². The molecule has 3 rings (SSSR count). The van der Waals surface area contributed by atoms with E-state index in [1.54, 1.807) is 0 Å². The fourth-order valence-corrected chi connectivity index (χ4v) is 7.57. The van der Waals surface area contributed by atoms with Gasteiger partial charge in [0.2, 0.25) is 10.0 Å². The Labute approximate surface area is 120 Å². The Morgan fingerprint density at radius 2 is 1.70 bits per heavy atom. The SMILES string of the molecule is O=S1(=O)CCC(S(=O)(=O)N2CCN(C3CNC3)CC2)C1. The Morgan fingerprint density at radius 1 is 1.05 bits per heavy atom. The predicted octanol–water partition coefficient (Wildman–Crippen LogP) is -1.91. The zero-order valence-electron chi connectivity index (χ0n) is 11.4. The highest BCUT2D eigenvalue weighted by atomic mass is 32.2. The van der Waals surface area contributed by atoms with Crippen molar-refractivity contribution in [1.82, 2.24) is 14.5 Å². The minimum atomic E-state index is -3.46. The standard InChI is InChI=1S/C11H21N3O4S2/c15-19(16)6-1-11(9-19)20(17,18)14-4-2-13(3-5-14)10-7-12-8-10/h10-12H,1-9H2. The first-order valence-electron chi connectivity index (χ1n) is 7.03. The Balaban J connectivity index is 1.62. The molecule has 1 unspecified atom stereocenters. The van der Waals surface area contributed by atoms with Gasteiger partial charge in [0.1, 0.15) is 0 Å². The fourth-order valence-electron chi connectivity index (χ4n) is 3.06. The molecule has 3 fully saturated rings. The molecule has 116 valence electrons. The van der Waals surface area contributed by atoms with Crippen LogP contribution in [0.25, 0.3) is 0 Å². The molecule has 3 aliphatic heterocycles. The second-order valence-electron chi connectivity index (χ2n) is 5.82. The highest BCUT2D eigenvalue weighted by Crippen LogP contribution is 2.23. The summed E-state index contributed by atoms with van der Waals surface area (Å²) in [4.78, 5) is 2.31. The van der Waals surface area contributed by atoms with Crippen LogP contribution in [0.2, 0.25) is 0 Å². The van der Waals surface area contributed by atoms with Gasteiger partial charge in [0.05, 0.1) is 16.8 Å². The molecule has 0 aliphatic carbocycles. The first kappa shape index (κ1) is 14.7. The van der Waals surface area contributed by atoms with E-state index in [1.807, 2.05) is 0 Å². The van der Waals surface area contributed by atoms with Crippen molar-refractivity contribution < 1.29 is 16.8 Å². The first-order chi connectivity index (χ1) is 9.38. The summed E-state index contributed by atoms with van der Waals surface area (Å²) in [5.74, 6) is -0.202. The summed E-state index contributed by atoms with van der Waals surface area (Å²) < 4.78 is 49.3. The minimum Gasteiger partial charge on any atom is -0.314 e. The molecule has 3 saturated heterocycles. The first-order valence-corrected chi connectivity index (χ1v) is 10.4. The van der Waals surface area contributed by atoms with Crippen LogP contribution in [0.5, 0.6) is 0 Å². The van der Waals surface area contributed by atoms with Gasteiger partial charge in [-0.2, -0.15) is 4.31 Å². The maximum absolute atomic E-state index is 12.5. The van der Waals surface area contributed by atoms with Crippen LogP contribution in [0.4, 0.5) is 0 Å². The summed E-state index contributed by atoms with van der Waals surface area (Å²) in [7, 11) is -6.62. The number of nitrogens with one attached hydrogen (secondary N) is 1. The number of sulfonamides is 1. The molecule has 3 aliphatic rings. The summed E-state index contributed by atoms with van der Waals surface area (Å²) in [6.07, 6.45) is 0.247. The van der Waals surface area contributed by atoms with Crippen LogP contribution in [-0.2, 0) is 19.9 Å². The quantitative estimate of drug-likeness (QED) is 0.652. The molecule has 9 heteroatoms. The van der Waals surface area contributed by atoms with Gasteiger partial charge in [0, 0.05) is 45.3 Å². The lowest BCUT2D eigenvalue weighted by molar-refractivity contribution is 0.103. The average molecular weight is 323 g/mol. The zero-order chi connectivity index (χ0) is 14.4. The van der Waals surface area contributed by atoms with Gasteiger partial charge in [-0.25, -0.2) is 16.8 Å². The summed E-state index contributed by atoms with van der Waals surface area (Å²) in [5, 5.41) is 2.48. The third kappa shape index (κ3) is 2.74. The summed E-state index contributed by atoms with van der Waals surface area (Å²) in [6.45, 7) is 4.40. The second kappa shape index (κ2) is 5.20. The van der Waals surface area contributed by atoms with Gasteiger partial charge in [-0.1, -0.05) is 0 Å². The van der Waals surface area contributed by atoms with E-state index in [2.05, 4.69) is 10.2 Å². The highest BCUT2D eigenvalue weighted by Gasteiger charge is 2.41. The number of hydrogen-bond acceptors (Lipinski definition) is 6. The van der Waals surface area contributed by atoms with Crippen molar-refractivity contribution in [3.8, 4) is 0 Å². The molecular weight excluding hydrogens is 302 g/mol. The number of hydrogen-bond donors (Lipinski definition) is 1. The Morgan fingerprint density at radius 3 is 2.15 bits per heavy atom. The molecule has 0 aromatic carbocycles. The van der Waals surface area contributed by atoms with Crippen LogP contribution in [0, 0.1) is 0 Å². The zero-order valence-corrected chi connectivity index (χ0v) is 13.0.